The van der Waals surface area contributed by atoms with Gasteiger partial charge in [-0.05, 0) is 12.8 Å². The highest BCUT2D eigenvalue weighted by molar-refractivity contribution is 7.99. The highest BCUT2D eigenvalue weighted by Crippen LogP contribution is 2.31. The topological polar surface area (TPSA) is 23.5 Å². The molecular weight excluding hydrogens is 194 g/mol. The monoisotopic (exact) mass is 215 g/mol. The first kappa shape index (κ1) is 10.8. The molecule has 2 aliphatic rings. The van der Waals surface area contributed by atoms with Gasteiger partial charge in [0.05, 0.1) is 5.60 Å². The average Bonchev–Trinajstić information content (AvgIpc) is 2.51. The molecule has 1 saturated heterocycles. The van der Waals surface area contributed by atoms with Crippen LogP contribution in [0, 0.1) is 0 Å². The van der Waals surface area contributed by atoms with Gasteiger partial charge in [-0.1, -0.05) is 19.8 Å². The number of aliphatic hydroxyl groups is 1. The van der Waals surface area contributed by atoms with Gasteiger partial charge in [-0.2, -0.15) is 11.8 Å². The Labute approximate surface area is 91.1 Å². The third-order valence-corrected chi connectivity index (χ3v) is 4.51. The number of nitrogens with zero attached hydrogens (tertiary/aromatic N) is 1. The first-order valence-corrected chi connectivity index (χ1v) is 6.79. The molecule has 1 unspecified atom stereocenters. The standard InChI is InChI=1S/C11H21NOS/c1-10-8-12(6-7-14-10)9-11(13)4-2-3-5-11/h10,13H,2-9H2,1H3. The lowest BCUT2D eigenvalue weighted by Gasteiger charge is -2.35. The fraction of sp³-hybridized carbons (Fsp3) is 1.00. The van der Waals surface area contributed by atoms with E-state index in [1.165, 1.54) is 18.6 Å². The van der Waals surface area contributed by atoms with E-state index < -0.39 is 0 Å². The predicted octanol–water partition coefficient (Wildman–Crippen LogP) is 1.73. The van der Waals surface area contributed by atoms with Crippen LogP contribution in [0.4, 0.5) is 0 Å². The molecule has 1 saturated carbocycles. The average molecular weight is 215 g/mol. The number of hydrogen-bond donors (Lipinski definition) is 1. The Morgan fingerprint density at radius 2 is 2.14 bits per heavy atom. The summed E-state index contributed by atoms with van der Waals surface area (Å²) in [5, 5.41) is 11.0. The van der Waals surface area contributed by atoms with Gasteiger partial charge < -0.3 is 5.11 Å². The highest BCUT2D eigenvalue weighted by atomic mass is 32.2. The predicted molar refractivity (Wildman–Crippen MR) is 61.8 cm³/mol. The normalized spacial score (nSPS) is 33.4. The summed E-state index contributed by atoms with van der Waals surface area (Å²) >= 11 is 2.06. The Morgan fingerprint density at radius 1 is 1.43 bits per heavy atom. The maximum absolute atomic E-state index is 10.3. The molecule has 0 amide bonds. The van der Waals surface area contributed by atoms with Gasteiger partial charge in [-0.15, -0.1) is 0 Å². The molecule has 2 fully saturated rings. The fourth-order valence-electron chi connectivity index (χ4n) is 2.64. The van der Waals surface area contributed by atoms with Gasteiger partial charge in [-0.3, -0.25) is 4.90 Å². The van der Waals surface area contributed by atoms with Crippen LogP contribution in [0.25, 0.3) is 0 Å². The van der Waals surface area contributed by atoms with Crippen molar-refractivity contribution in [3.8, 4) is 0 Å². The Morgan fingerprint density at radius 3 is 2.79 bits per heavy atom. The maximum Gasteiger partial charge on any atom is 0.0774 e. The molecule has 0 spiro atoms. The molecule has 2 rings (SSSR count). The lowest BCUT2D eigenvalue weighted by atomic mass is 10.0. The summed E-state index contributed by atoms with van der Waals surface area (Å²) in [7, 11) is 0. The third kappa shape index (κ3) is 2.65. The second-order valence-electron chi connectivity index (χ2n) is 4.85. The quantitative estimate of drug-likeness (QED) is 0.759. The molecule has 1 atom stereocenters. The lowest BCUT2D eigenvalue weighted by molar-refractivity contribution is 0.0106. The molecule has 0 aromatic rings. The summed E-state index contributed by atoms with van der Waals surface area (Å²) in [5.41, 5.74) is -0.346. The van der Waals surface area contributed by atoms with Crippen molar-refractivity contribution in [2.75, 3.05) is 25.4 Å². The van der Waals surface area contributed by atoms with E-state index in [4.69, 9.17) is 0 Å². The maximum atomic E-state index is 10.3. The second kappa shape index (κ2) is 4.42. The first-order valence-electron chi connectivity index (χ1n) is 5.74. The summed E-state index contributed by atoms with van der Waals surface area (Å²) in [5.74, 6) is 1.23. The van der Waals surface area contributed by atoms with Crippen LogP contribution in [-0.2, 0) is 0 Å². The van der Waals surface area contributed by atoms with Gasteiger partial charge in [0.1, 0.15) is 0 Å². The van der Waals surface area contributed by atoms with Crippen molar-refractivity contribution in [3.63, 3.8) is 0 Å². The minimum Gasteiger partial charge on any atom is -0.389 e. The zero-order valence-corrected chi connectivity index (χ0v) is 9.85. The smallest absolute Gasteiger partial charge is 0.0774 e. The van der Waals surface area contributed by atoms with Crippen LogP contribution >= 0.6 is 11.8 Å². The minimum absolute atomic E-state index is 0.346. The van der Waals surface area contributed by atoms with E-state index in [-0.39, 0.29) is 5.60 Å². The number of hydrogen-bond acceptors (Lipinski definition) is 3. The summed E-state index contributed by atoms with van der Waals surface area (Å²) < 4.78 is 0. The zero-order chi connectivity index (χ0) is 10.0. The Bertz CT molecular complexity index is 192. The van der Waals surface area contributed by atoms with Crippen LogP contribution < -0.4 is 0 Å². The van der Waals surface area contributed by atoms with Crippen LogP contribution in [0.5, 0.6) is 0 Å². The molecule has 0 aromatic heterocycles. The van der Waals surface area contributed by atoms with Crippen molar-refractivity contribution < 1.29 is 5.11 Å². The fourth-order valence-corrected chi connectivity index (χ4v) is 3.72. The van der Waals surface area contributed by atoms with E-state index in [0.717, 1.165) is 37.7 Å². The molecule has 1 aliphatic carbocycles. The van der Waals surface area contributed by atoms with E-state index in [1.807, 2.05) is 0 Å². The van der Waals surface area contributed by atoms with Crippen LogP contribution in [0.1, 0.15) is 32.6 Å². The summed E-state index contributed by atoms with van der Waals surface area (Å²) in [6.45, 7) is 5.53. The molecule has 1 N–H and O–H groups in total. The molecule has 3 heteroatoms. The Hall–Kier alpha value is 0.270. The van der Waals surface area contributed by atoms with Crippen molar-refractivity contribution in [2.45, 2.75) is 43.5 Å². The molecular formula is C11H21NOS. The Kier molecular flexibility index (Phi) is 3.40. The Balaban J connectivity index is 1.83. The van der Waals surface area contributed by atoms with E-state index >= 15 is 0 Å². The van der Waals surface area contributed by atoms with Gasteiger partial charge in [-0.25, -0.2) is 0 Å². The van der Waals surface area contributed by atoms with E-state index in [0.29, 0.717) is 0 Å². The third-order valence-electron chi connectivity index (χ3n) is 3.38. The van der Waals surface area contributed by atoms with Crippen molar-refractivity contribution in [1.29, 1.82) is 0 Å². The molecule has 0 radical (unpaired) electrons. The molecule has 1 aliphatic heterocycles. The number of thioether (sulfide) groups is 1. The van der Waals surface area contributed by atoms with Crippen LogP contribution in [0.2, 0.25) is 0 Å². The van der Waals surface area contributed by atoms with Gasteiger partial charge in [0.15, 0.2) is 0 Å². The van der Waals surface area contributed by atoms with E-state index in [2.05, 4.69) is 23.6 Å². The highest BCUT2D eigenvalue weighted by Gasteiger charge is 2.33. The van der Waals surface area contributed by atoms with Gasteiger partial charge in [0.2, 0.25) is 0 Å². The van der Waals surface area contributed by atoms with Crippen LogP contribution in [0.15, 0.2) is 0 Å². The van der Waals surface area contributed by atoms with Crippen molar-refractivity contribution in [1.82, 2.24) is 4.90 Å². The van der Waals surface area contributed by atoms with Crippen LogP contribution in [-0.4, -0.2) is 46.2 Å². The van der Waals surface area contributed by atoms with Crippen molar-refractivity contribution in [2.24, 2.45) is 0 Å². The second-order valence-corrected chi connectivity index (χ2v) is 6.39. The molecule has 0 aromatic carbocycles. The summed E-state index contributed by atoms with van der Waals surface area (Å²) in [6, 6.07) is 0. The SMILES string of the molecule is CC1CN(CC2(O)CCCC2)CCS1. The molecule has 82 valence electrons. The van der Waals surface area contributed by atoms with Crippen molar-refractivity contribution in [3.05, 3.63) is 0 Å². The summed E-state index contributed by atoms with van der Waals surface area (Å²) in [4.78, 5) is 2.45. The van der Waals surface area contributed by atoms with Crippen molar-refractivity contribution >= 4 is 11.8 Å². The van der Waals surface area contributed by atoms with Gasteiger partial charge in [0, 0.05) is 30.6 Å². The molecule has 14 heavy (non-hydrogen) atoms. The molecule has 1 heterocycles. The zero-order valence-electron chi connectivity index (χ0n) is 9.04. The lowest BCUT2D eigenvalue weighted by Crippen LogP contribution is -2.46. The van der Waals surface area contributed by atoms with Gasteiger partial charge in [0.25, 0.3) is 0 Å². The number of β-amino-alcohol motifs (C(OH)–C–C–N with tert-alkyl or cyclic N) is 1. The van der Waals surface area contributed by atoms with Crippen LogP contribution in [0.3, 0.4) is 0 Å². The largest absolute Gasteiger partial charge is 0.389 e. The van der Waals surface area contributed by atoms with Gasteiger partial charge >= 0.3 is 0 Å². The minimum atomic E-state index is -0.346. The van der Waals surface area contributed by atoms with E-state index in [1.54, 1.807) is 0 Å². The molecule has 2 nitrogen and oxygen atoms in total. The first-order chi connectivity index (χ1) is 6.68. The summed E-state index contributed by atoms with van der Waals surface area (Å²) in [6.07, 6.45) is 4.47. The number of rotatable bonds is 2. The van der Waals surface area contributed by atoms with E-state index in [9.17, 15) is 5.11 Å². The molecule has 0 bridgehead atoms.